The van der Waals surface area contributed by atoms with Gasteiger partial charge in [-0.2, -0.15) is 0 Å². The molecule has 76 valence electrons. The summed E-state index contributed by atoms with van der Waals surface area (Å²) in [4.78, 5) is 0. The van der Waals surface area contributed by atoms with Gasteiger partial charge in [0.05, 0.1) is 0 Å². The van der Waals surface area contributed by atoms with Crippen LogP contribution in [0.5, 0.6) is 0 Å². The van der Waals surface area contributed by atoms with E-state index in [0.717, 1.165) is 10.2 Å². The zero-order valence-electron chi connectivity index (χ0n) is 7.98. The normalized spacial score (nSPS) is 10.2. The van der Waals surface area contributed by atoms with Crippen molar-refractivity contribution in [2.45, 2.75) is 0 Å². The molecule has 0 saturated heterocycles. The van der Waals surface area contributed by atoms with Crippen LogP contribution in [0.3, 0.4) is 0 Å². The molecule has 0 radical (unpaired) electrons. The van der Waals surface area contributed by atoms with Crippen LogP contribution in [0.25, 0.3) is 0 Å². The minimum absolute atomic E-state index is 0.287. The maximum absolute atomic E-state index is 5.93. The van der Waals surface area contributed by atoms with E-state index >= 15 is 0 Å². The monoisotopic (exact) mass is 327 g/mol. The zero-order chi connectivity index (χ0) is 10.7. The number of anilines is 1. The van der Waals surface area contributed by atoms with Crippen molar-refractivity contribution >= 4 is 45.5 Å². The molecule has 0 aliphatic rings. The number of rotatable bonds is 2. The maximum atomic E-state index is 5.93. The quantitative estimate of drug-likeness (QED) is 0.659. The van der Waals surface area contributed by atoms with E-state index in [1.54, 1.807) is 0 Å². The van der Waals surface area contributed by atoms with Gasteiger partial charge in [0.25, 0.3) is 0 Å². The summed E-state index contributed by atoms with van der Waals surface area (Å²) in [5.74, 6) is 0. The molecule has 0 heterocycles. The summed E-state index contributed by atoms with van der Waals surface area (Å²) in [5, 5.41) is 0. The Morgan fingerprint density at radius 3 is 2.47 bits per heavy atom. The van der Waals surface area contributed by atoms with E-state index < -0.39 is 0 Å². The topological polar surface area (TPSA) is 26.0 Å². The average Bonchev–Trinajstić information content (AvgIpc) is 2.25. The van der Waals surface area contributed by atoms with Crippen LogP contribution in [0, 0.1) is 0 Å². The van der Waals surface area contributed by atoms with Crippen LogP contribution in [-0.4, -0.2) is 15.0 Å². The van der Waals surface area contributed by atoms with Gasteiger partial charge >= 0.3 is 104 Å². The number of nitrogen functional groups attached to an aromatic ring is 1. The van der Waals surface area contributed by atoms with Crippen molar-refractivity contribution < 1.29 is 0 Å². The van der Waals surface area contributed by atoms with Gasteiger partial charge in [-0.15, -0.1) is 0 Å². The Bertz CT molecular complexity index is 456. The zero-order valence-corrected chi connectivity index (χ0v) is 11.3. The Kier molecular flexibility index (Phi) is 3.47. The van der Waals surface area contributed by atoms with Crippen molar-refractivity contribution in [2.24, 2.45) is 0 Å². The molecule has 0 atom stereocenters. The Morgan fingerprint density at radius 2 is 1.73 bits per heavy atom. The Balaban J connectivity index is 2.28. The first kappa shape index (κ1) is 10.7. The molecule has 0 saturated carbocycles. The number of benzene rings is 2. The molecule has 0 aliphatic carbocycles. The van der Waals surface area contributed by atoms with Crippen molar-refractivity contribution in [3.63, 3.8) is 0 Å². The van der Waals surface area contributed by atoms with Crippen LogP contribution in [0.2, 0.25) is 0 Å². The molecular formula is C12H10BrNSe. The Morgan fingerprint density at radius 1 is 1.00 bits per heavy atom. The van der Waals surface area contributed by atoms with Crippen molar-refractivity contribution in [3.8, 4) is 0 Å². The molecule has 1 nitrogen and oxygen atoms in total. The van der Waals surface area contributed by atoms with Crippen molar-refractivity contribution in [3.05, 3.63) is 53.0 Å². The molecule has 2 aromatic carbocycles. The molecule has 2 N–H and O–H groups in total. The van der Waals surface area contributed by atoms with Gasteiger partial charge in [-0.1, -0.05) is 0 Å². The first-order chi connectivity index (χ1) is 7.25. The van der Waals surface area contributed by atoms with Crippen LogP contribution in [0.4, 0.5) is 5.69 Å². The summed E-state index contributed by atoms with van der Waals surface area (Å²) in [6.07, 6.45) is 0. The second-order valence-corrected chi connectivity index (χ2v) is 6.35. The fourth-order valence-electron chi connectivity index (χ4n) is 1.21. The van der Waals surface area contributed by atoms with Crippen LogP contribution >= 0.6 is 15.9 Å². The average molecular weight is 327 g/mol. The number of halogens is 1. The number of hydrogen-bond donors (Lipinski definition) is 1. The van der Waals surface area contributed by atoms with Crippen LogP contribution in [0.1, 0.15) is 0 Å². The third kappa shape index (κ3) is 2.85. The minimum atomic E-state index is 0.287. The number of nitrogens with two attached hydrogens (primary N) is 1. The first-order valence-corrected chi connectivity index (χ1v) is 7.04. The van der Waals surface area contributed by atoms with Gasteiger partial charge in [0, 0.05) is 0 Å². The Hall–Kier alpha value is -0.761. The van der Waals surface area contributed by atoms with Gasteiger partial charge < -0.3 is 0 Å². The molecule has 0 bridgehead atoms. The van der Waals surface area contributed by atoms with E-state index in [9.17, 15) is 0 Å². The molecular weight excluding hydrogens is 317 g/mol. The summed E-state index contributed by atoms with van der Waals surface area (Å²) in [6.45, 7) is 0. The van der Waals surface area contributed by atoms with Gasteiger partial charge in [0.2, 0.25) is 0 Å². The molecule has 0 amide bonds. The molecule has 0 fully saturated rings. The van der Waals surface area contributed by atoms with Crippen molar-refractivity contribution in [1.82, 2.24) is 0 Å². The van der Waals surface area contributed by atoms with E-state index in [-0.39, 0.29) is 15.0 Å². The molecule has 0 aromatic heterocycles. The fourth-order valence-corrected chi connectivity index (χ4v) is 3.84. The summed E-state index contributed by atoms with van der Waals surface area (Å²) in [7, 11) is 0. The fraction of sp³-hybridized carbons (Fsp3) is 0. The van der Waals surface area contributed by atoms with Gasteiger partial charge in [-0.3, -0.25) is 0 Å². The molecule has 0 spiro atoms. The van der Waals surface area contributed by atoms with Crippen LogP contribution in [-0.2, 0) is 0 Å². The van der Waals surface area contributed by atoms with Gasteiger partial charge in [0.1, 0.15) is 0 Å². The van der Waals surface area contributed by atoms with Crippen LogP contribution < -0.4 is 14.7 Å². The third-order valence-electron chi connectivity index (χ3n) is 1.95. The van der Waals surface area contributed by atoms with E-state index in [0.29, 0.717) is 0 Å². The van der Waals surface area contributed by atoms with Crippen molar-refractivity contribution in [2.75, 3.05) is 5.73 Å². The van der Waals surface area contributed by atoms with Crippen molar-refractivity contribution in [1.29, 1.82) is 0 Å². The predicted octanol–water partition coefficient (Wildman–Crippen LogP) is 1.69. The SMILES string of the molecule is Nc1ccc(Br)cc1[Se]c1ccccc1. The molecule has 2 rings (SSSR count). The molecule has 2 aromatic rings. The second-order valence-electron chi connectivity index (χ2n) is 3.10. The molecule has 3 heteroatoms. The molecule has 15 heavy (non-hydrogen) atoms. The second kappa shape index (κ2) is 4.84. The summed E-state index contributed by atoms with van der Waals surface area (Å²) < 4.78 is 3.65. The van der Waals surface area contributed by atoms with Gasteiger partial charge in [-0.25, -0.2) is 0 Å². The predicted molar refractivity (Wildman–Crippen MR) is 70.0 cm³/mol. The number of hydrogen-bond acceptors (Lipinski definition) is 1. The van der Waals surface area contributed by atoms with E-state index in [1.165, 1.54) is 8.92 Å². The standard InChI is InChI=1S/C12H10BrNSe/c13-9-6-7-11(14)12(8-9)15-10-4-2-1-3-5-10/h1-8H,14H2. The third-order valence-corrected chi connectivity index (χ3v) is 4.71. The van der Waals surface area contributed by atoms with E-state index in [2.05, 4.69) is 46.3 Å². The van der Waals surface area contributed by atoms with Gasteiger partial charge in [0.15, 0.2) is 0 Å². The summed E-state index contributed by atoms with van der Waals surface area (Å²) in [5.41, 5.74) is 6.81. The molecule has 0 unspecified atom stereocenters. The van der Waals surface area contributed by atoms with E-state index in [1.807, 2.05) is 18.2 Å². The first-order valence-electron chi connectivity index (χ1n) is 4.53. The molecule has 0 aliphatic heterocycles. The van der Waals surface area contributed by atoms with Gasteiger partial charge in [-0.05, 0) is 0 Å². The van der Waals surface area contributed by atoms with E-state index in [4.69, 9.17) is 5.73 Å². The van der Waals surface area contributed by atoms with Crippen LogP contribution in [0.15, 0.2) is 53.0 Å². The Labute approximate surface area is 104 Å². The summed E-state index contributed by atoms with van der Waals surface area (Å²) >= 11 is 3.75. The summed E-state index contributed by atoms with van der Waals surface area (Å²) in [6, 6.07) is 16.5.